The van der Waals surface area contributed by atoms with Gasteiger partial charge in [0, 0.05) is 11.8 Å². The Labute approximate surface area is 181 Å². The third-order valence-corrected chi connectivity index (χ3v) is 9.37. The molecule has 0 radical (unpaired) electrons. The molecular weight excluding hydrogens is 390 g/mol. The molecule has 1 heterocycles. The number of benzene rings is 2. The molecular formula is C26H27NO2S. The van der Waals surface area contributed by atoms with Crippen molar-refractivity contribution < 1.29 is 9.53 Å². The van der Waals surface area contributed by atoms with Crippen molar-refractivity contribution in [1.29, 1.82) is 0 Å². The first-order valence-electron chi connectivity index (χ1n) is 11.2. The summed E-state index contributed by atoms with van der Waals surface area (Å²) in [6.07, 6.45) is 6.28. The van der Waals surface area contributed by atoms with Crippen LogP contribution in [0.2, 0.25) is 0 Å². The van der Waals surface area contributed by atoms with E-state index < -0.39 is 0 Å². The second kappa shape index (κ2) is 6.65. The zero-order chi connectivity index (χ0) is 20.5. The lowest BCUT2D eigenvalue weighted by molar-refractivity contribution is -0.129. The third kappa shape index (κ3) is 2.49. The molecule has 3 nitrogen and oxygen atoms in total. The molecule has 0 bridgehead atoms. The summed E-state index contributed by atoms with van der Waals surface area (Å²) in [5, 5.41) is 1.07. The van der Waals surface area contributed by atoms with Gasteiger partial charge < -0.3 is 4.74 Å². The molecule has 4 atom stereocenters. The first-order valence-corrected chi connectivity index (χ1v) is 12.0. The van der Waals surface area contributed by atoms with Crippen molar-refractivity contribution in [2.75, 3.05) is 7.11 Å². The van der Waals surface area contributed by atoms with E-state index in [9.17, 15) is 4.79 Å². The third-order valence-electron chi connectivity index (χ3n) is 8.31. The first kappa shape index (κ1) is 18.6. The number of carbonyl (C=O) groups excluding carboxylic acids is 1. The molecule has 0 amide bonds. The molecule has 0 N–H and O–H groups in total. The Kier molecular flexibility index (Phi) is 4.11. The van der Waals surface area contributed by atoms with Gasteiger partial charge in [-0.05, 0) is 79.2 Å². The van der Waals surface area contributed by atoms with Crippen LogP contribution < -0.4 is 4.74 Å². The number of fused-ring (bicyclic) bond motifs is 6. The number of hydrogen-bond acceptors (Lipinski definition) is 4. The largest absolute Gasteiger partial charge is 0.496 e. The zero-order valence-corrected chi connectivity index (χ0v) is 18.4. The minimum atomic E-state index is -0.0685. The van der Waals surface area contributed by atoms with Crippen molar-refractivity contribution in [1.82, 2.24) is 4.98 Å². The van der Waals surface area contributed by atoms with E-state index in [0.29, 0.717) is 23.5 Å². The van der Waals surface area contributed by atoms with Crippen LogP contribution in [0.3, 0.4) is 0 Å². The van der Waals surface area contributed by atoms with Gasteiger partial charge in [0.1, 0.15) is 16.5 Å². The number of rotatable bonds is 2. The molecule has 2 fully saturated rings. The Balaban J connectivity index is 1.47. The van der Waals surface area contributed by atoms with E-state index in [2.05, 4.69) is 43.3 Å². The van der Waals surface area contributed by atoms with Crippen LogP contribution in [0.5, 0.6) is 5.75 Å². The van der Waals surface area contributed by atoms with Crippen LogP contribution in [0.15, 0.2) is 36.4 Å². The van der Waals surface area contributed by atoms with Gasteiger partial charge in [-0.1, -0.05) is 25.1 Å². The van der Waals surface area contributed by atoms with Gasteiger partial charge in [-0.3, -0.25) is 4.79 Å². The van der Waals surface area contributed by atoms with Gasteiger partial charge in [0.25, 0.3) is 0 Å². The molecule has 1 unspecified atom stereocenters. The summed E-state index contributed by atoms with van der Waals surface area (Å²) in [6.45, 7) is 2.25. The molecule has 3 aliphatic rings. The van der Waals surface area contributed by atoms with Crippen LogP contribution in [0, 0.1) is 17.3 Å². The summed E-state index contributed by atoms with van der Waals surface area (Å²) in [5.41, 5.74) is 5.11. The number of nitrogens with zero attached hydrogens (tertiary/aromatic N) is 1. The number of ether oxygens (including phenoxy) is 1. The maximum absolute atomic E-state index is 12.6. The molecule has 2 aromatic carbocycles. The van der Waals surface area contributed by atoms with Gasteiger partial charge in [-0.2, -0.15) is 0 Å². The molecule has 1 aromatic heterocycles. The van der Waals surface area contributed by atoms with Crippen LogP contribution in [-0.2, 0) is 11.2 Å². The fourth-order valence-corrected chi connectivity index (χ4v) is 7.84. The highest BCUT2D eigenvalue weighted by molar-refractivity contribution is 7.21. The van der Waals surface area contributed by atoms with E-state index in [1.165, 1.54) is 27.8 Å². The van der Waals surface area contributed by atoms with E-state index in [1.54, 1.807) is 18.4 Å². The monoisotopic (exact) mass is 417 g/mol. The number of thiazole rings is 1. The zero-order valence-electron chi connectivity index (χ0n) is 17.6. The van der Waals surface area contributed by atoms with Crippen LogP contribution in [0.4, 0.5) is 0 Å². The number of aromatic nitrogens is 1. The smallest absolute Gasteiger partial charge is 0.139 e. The maximum atomic E-state index is 12.6. The number of para-hydroxylation sites is 1. The normalized spacial score (nSPS) is 30.1. The average Bonchev–Trinajstić information content (AvgIpc) is 3.33. The van der Waals surface area contributed by atoms with Gasteiger partial charge in [0.15, 0.2) is 0 Å². The highest BCUT2D eigenvalue weighted by atomic mass is 32.1. The van der Waals surface area contributed by atoms with Crippen LogP contribution >= 0.6 is 11.3 Å². The Morgan fingerprint density at radius 1 is 1.10 bits per heavy atom. The van der Waals surface area contributed by atoms with Gasteiger partial charge in [0.2, 0.25) is 0 Å². The fraction of sp³-hybridized carbons (Fsp3) is 0.462. The molecule has 6 rings (SSSR count). The summed E-state index contributed by atoms with van der Waals surface area (Å²) in [4.78, 5) is 17.6. The second-order valence-electron chi connectivity index (χ2n) is 9.53. The number of ketones is 1. The van der Waals surface area contributed by atoms with Crippen molar-refractivity contribution in [2.45, 2.75) is 51.4 Å². The Morgan fingerprint density at radius 2 is 1.97 bits per heavy atom. The summed E-state index contributed by atoms with van der Waals surface area (Å²) < 4.78 is 7.04. The quantitative estimate of drug-likeness (QED) is 0.484. The highest BCUT2D eigenvalue weighted by Gasteiger charge is 2.54. The van der Waals surface area contributed by atoms with E-state index in [4.69, 9.17) is 9.72 Å². The molecule has 0 aliphatic heterocycles. The summed E-state index contributed by atoms with van der Waals surface area (Å²) in [7, 11) is 1.76. The molecule has 30 heavy (non-hydrogen) atoms. The number of carbonyl (C=O) groups is 1. The van der Waals surface area contributed by atoms with E-state index in [0.717, 1.165) is 48.4 Å². The van der Waals surface area contributed by atoms with Crippen molar-refractivity contribution >= 4 is 27.3 Å². The fourth-order valence-electron chi connectivity index (χ4n) is 6.80. The van der Waals surface area contributed by atoms with E-state index in [1.807, 2.05) is 0 Å². The average molecular weight is 418 g/mol. The van der Waals surface area contributed by atoms with Gasteiger partial charge in [-0.25, -0.2) is 4.98 Å². The molecule has 2 saturated carbocycles. The van der Waals surface area contributed by atoms with E-state index >= 15 is 0 Å². The van der Waals surface area contributed by atoms with Gasteiger partial charge >= 0.3 is 0 Å². The van der Waals surface area contributed by atoms with Crippen LogP contribution in [0.25, 0.3) is 20.8 Å². The molecule has 0 spiro atoms. The molecule has 3 aromatic rings. The molecule has 4 heteroatoms. The SMILES string of the molecule is COc1ccc2c(c1-c1nc3ccccc3s1)CC[C@H]1C3CCC(=O)[C@@]3(C)CC[C@H]21. The maximum Gasteiger partial charge on any atom is 0.139 e. The van der Waals surface area contributed by atoms with Crippen molar-refractivity contribution in [3.63, 3.8) is 0 Å². The van der Waals surface area contributed by atoms with Crippen LogP contribution in [-0.4, -0.2) is 17.9 Å². The lowest BCUT2D eigenvalue weighted by atomic mass is 9.55. The molecule has 3 aliphatic carbocycles. The predicted molar refractivity (Wildman–Crippen MR) is 121 cm³/mol. The van der Waals surface area contributed by atoms with Gasteiger partial charge in [0.05, 0.1) is 22.9 Å². The van der Waals surface area contributed by atoms with Crippen molar-refractivity contribution in [2.24, 2.45) is 17.3 Å². The topological polar surface area (TPSA) is 39.2 Å². The second-order valence-corrected chi connectivity index (χ2v) is 10.6. The highest BCUT2D eigenvalue weighted by Crippen LogP contribution is 2.60. The van der Waals surface area contributed by atoms with E-state index in [-0.39, 0.29) is 5.41 Å². The van der Waals surface area contributed by atoms with Crippen LogP contribution in [0.1, 0.15) is 56.1 Å². The minimum absolute atomic E-state index is 0.0685. The Bertz CT molecular complexity index is 1130. The molecule has 0 saturated heterocycles. The number of methoxy groups -OCH3 is 1. The van der Waals surface area contributed by atoms with Gasteiger partial charge in [-0.15, -0.1) is 11.3 Å². The minimum Gasteiger partial charge on any atom is -0.496 e. The lowest BCUT2D eigenvalue weighted by Gasteiger charge is -2.48. The number of hydrogen-bond donors (Lipinski definition) is 0. The van der Waals surface area contributed by atoms with Crippen molar-refractivity contribution in [3.8, 4) is 16.3 Å². The summed E-state index contributed by atoms with van der Waals surface area (Å²) in [6, 6.07) is 12.8. The first-order chi connectivity index (χ1) is 14.6. The van der Waals surface area contributed by atoms with Crippen molar-refractivity contribution in [3.05, 3.63) is 47.5 Å². The predicted octanol–water partition coefficient (Wildman–Crippen LogP) is 6.40. The summed E-state index contributed by atoms with van der Waals surface area (Å²) >= 11 is 1.76. The Morgan fingerprint density at radius 3 is 2.80 bits per heavy atom. The standard InChI is InChI=1S/C26H27NO2S/c1-26-14-13-16-15-9-11-21(29-2)24(25-27-20-5-3-4-6-22(20)30-25)18(15)8-7-17(16)19(26)10-12-23(26)28/h3-6,9,11,16-17,19H,7-8,10,12-14H2,1-2H3/t16-,17-,19?,26+/m1/s1. The molecule has 154 valence electrons. The number of Topliss-reactive ketones (excluding diaryl/α,β-unsaturated/α-hetero) is 1. The lowest BCUT2D eigenvalue weighted by Crippen LogP contribution is -2.42. The summed E-state index contributed by atoms with van der Waals surface area (Å²) in [5.74, 6) is 3.21. The Hall–Kier alpha value is -2.20.